The summed E-state index contributed by atoms with van der Waals surface area (Å²) < 4.78 is 5.33. The average molecular weight is 286 g/mol. The molecule has 0 spiro atoms. The maximum atomic E-state index is 5.33. The van der Waals surface area contributed by atoms with Crippen molar-refractivity contribution < 1.29 is 4.74 Å². The molecule has 1 aliphatic heterocycles. The van der Waals surface area contributed by atoms with Crippen molar-refractivity contribution in [3.63, 3.8) is 0 Å². The smallest absolute Gasteiger partial charge is 0.129 e. The Morgan fingerprint density at radius 1 is 1.10 bits per heavy atom. The van der Waals surface area contributed by atoms with E-state index in [-0.39, 0.29) is 0 Å². The third kappa shape index (κ3) is 3.93. The molecule has 1 saturated heterocycles. The van der Waals surface area contributed by atoms with E-state index in [2.05, 4.69) is 30.2 Å². The Bertz CT molecular complexity index is 558. The van der Waals surface area contributed by atoms with Gasteiger partial charge in [-0.25, -0.2) is 19.9 Å². The first-order valence-electron chi connectivity index (χ1n) is 7.03. The summed E-state index contributed by atoms with van der Waals surface area (Å²) in [4.78, 5) is 18.9. The minimum Gasteiger partial charge on any atom is -0.379 e. The van der Waals surface area contributed by atoms with Gasteiger partial charge in [0.25, 0.3) is 0 Å². The van der Waals surface area contributed by atoms with E-state index in [1.54, 1.807) is 18.7 Å². The van der Waals surface area contributed by atoms with Gasteiger partial charge in [-0.15, -0.1) is 0 Å². The quantitative estimate of drug-likeness (QED) is 0.866. The van der Waals surface area contributed by atoms with Gasteiger partial charge in [-0.2, -0.15) is 0 Å². The lowest BCUT2D eigenvalue weighted by Gasteiger charge is -2.26. The van der Waals surface area contributed by atoms with Crippen molar-refractivity contribution in [2.75, 3.05) is 44.7 Å². The van der Waals surface area contributed by atoms with Crippen LogP contribution in [0.3, 0.4) is 0 Å². The van der Waals surface area contributed by atoms with Gasteiger partial charge in [-0.1, -0.05) is 0 Å². The summed E-state index contributed by atoms with van der Waals surface area (Å²) in [6, 6.07) is 1.91. The summed E-state index contributed by atoms with van der Waals surface area (Å²) >= 11 is 0. The van der Waals surface area contributed by atoms with Crippen LogP contribution in [0.4, 0.5) is 5.82 Å². The van der Waals surface area contributed by atoms with Gasteiger partial charge in [0.05, 0.1) is 18.9 Å². The predicted octanol–water partition coefficient (Wildman–Crippen LogP) is 0.678. The number of anilines is 1. The molecular weight excluding hydrogens is 268 g/mol. The monoisotopic (exact) mass is 286 g/mol. The van der Waals surface area contributed by atoms with Gasteiger partial charge in [0, 0.05) is 50.2 Å². The molecular formula is C14H18N6O. The number of aromatic nitrogens is 4. The second-order valence-electron chi connectivity index (χ2n) is 4.80. The molecule has 0 unspecified atom stereocenters. The van der Waals surface area contributed by atoms with E-state index in [1.807, 2.05) is 6.07 Å². The molecule has 0 bridgehead atoms. The molecule has 0 atom stereocenters. The summed E-state index contributed by atoms with van der Waals surface area (Å²) in [5.41, 5.74) is 1.70. The van der Waals surface area contributed by atoms with Crippen molar-refractivity contribution in [1.29, 1.82) is 0 Å². The van der Waals surface area contributed by atoms with Crippen LogP contribution in [0.1, 0.15) is 0 Å². The number of nitrogens with zero attached hydrogens (tertiary/aromatic N) is 5. The molecule has 0 amide bonds. The van der Waals surface area contributed by atoms with Gasteiger partial charge in [-0.05, 0) is 0 Å². The molecule has 21 heavy (non-hydrogen) atoms. The van der Waals surface area contributed by atoms with E-state index in [0.29, 0.717) is 0 Å². The Kier molecular flexibility index (Phi) is 4.65. The Labute approximate surface area is 123 Å². The molecule has 110 valence electrons. The van der Waals surface area contributed by atoms with E-state index < -0.39 is 0 Å². The maximum Gasteiger partial charge on any atom is 0.129 e. The van der Waals surface area contributed by atoms with E-state index >= 15 is 0 Å². The van der Waals surface area contributed by atoms with Crippen molar-refractivity contribution in [3.8, 4) is 11.3 Å². The van der Waals surface area contributed by atoms with Gasteiger partial charge >= 0.3 is 0 Å². The van der Waals surface area contributed by atoms with Crippen LogP contribution in [-0.2, 0) is 4.74 Å². The number of hydrogen-bond donors (Lipinski definition) is 1. The highest BCUT2D eigenvalue weighted by molar-refractivity contribution is 5.59. The third-order valence-electron chi connectivity index (χ3n) is 3.36. The van der Waals surface area contributed by atoms with Gasteiger partial charge in [0.2, 0.25) is 0 Å². The minimum absolute atomic E-state index is 0.817. The molecule has 2 aromatic rings. The maximum absolute atomic E-state index is 5.33. The number of rotatable bonds is 5. The number of nitrogens with one attached hydrogen (secondary N) is 1. The van der Waals surface area contributed by atoms with Crippen LogP contribution in [0.5, 0.6) is 0 Å². The first kappa shape index (κ1) is 13.8. The predicted molar refractivity (Wildman–Crippen MR) is 78.8 cm³/mol. The zero-order valence-electron chi connectivity index (χ0n) is 11.8. The van der Waals surface area contributed by atoms with Crippen molar-refractivity contribution in [3.05, 3.63) is 31.1 Å². The van der Waals surface area contributed by atoms with Crippen molar-refractivity contribution >= 4 is 5.82 Å². The molecule has 1 aliphatic rings. The average Bonchev–Trinajstić information content (AvgIpc) is 2.57. The van der Waals surface area contributed by atoms with Gasteiger partial charge < -0.3 is 10.1 Å². The topological polar surface area (TPSA) is 76.1 Å². The molecule has 3 rings (SSSR count). The van der Waals surface area contributed by atoms with E-state index in [4.69, 9.17) is 4.74 Å². The zero-order valence-corrected chi connectivity index (χ0v) is 11.8. The second-order valence-corrected chi connectivity index (χ2v) is 4.80. The lowest BCUT2D eigenvalue weighted by Crippen LogP contribution is -2.39. The normalized spacial score (nSPS) is 15.8. The summed E-state index contributed by atoms with van der Waals surface area (Å²) in [6.07, 6.45) is 6.55. The van der Waals surface area contributed by atoms with Crippen LogP contribution in [-0.4, -0.2) is 64.2 Å². The molecule has 0 aliphatic carbocycles. The van der Waals surface area contributed by atoms with E-state index in [9.17, 15) is 0 Å². The Balaban J connectivity index is 1.56. The number of morpholine rings is 1. The SMILES string of the molecule is c1ncc(-c2cc(NCCN3CCOCC3)ncn2)cn1. The summed E-state index contributed by atoms with van der Waals surface area (Å²) in [7, 11) is 0. The van der Waals surface area contributed by atoms with Crippen molar-refractivity contribution in [2.45, 2.75) is 0 Å². The van der Waals surface area contributed by atoms with Gasteiger partial charge in [0.1, 0.15) is 18.5 Å². The fourth-order valence-electron chi connectivity index (χ4n) is 2.21. The lowest BCUT2D eigenvalue weighted by molar-refractivity contribution is 0.0398. The Morgan fingerprint density at radius 2 is 1.90 bits per heavy atom. The number of hydrogen-bond acceptors (Lipinski definition) is 7. The molecule has 1 fully saturated rings. The van der Waals surface area contributed by atoms with Crippen LogP contribution in [0, 0.1) is 0 Å². The first-order valence-corrected chi connectivity index (χ1v) is 7.03. The van der Waals surface area contributed by atoms with E-state index in [1.165, 1.54) is 6.33 Å². The molecule has 7 nitrogen and oxygen atoms in total. The summed E-state index contributed by atoms with van der Waals surface area (Å²) in [5, 5.41) is 3.33. The van der Waals surface area contributed by atoms with Crippen LogP contribution >= 0.6 is 0 Å². The highest BCUT2D eigenvalue weighted by atomic mass is 16.5. The van der Waals surface area contributed by atoms with Crippen molar-refractivity contribution in [2.24, 2.45) is 0 Å². The first-order chi connectivity index (χ1) is 10.4. The lowest BCUT2D eigenvalue weighted by atomic mass is 10.2. The van der Waals surface area contributed by atoms with Gasteiger partial charge in [-0.3, -0.25) is 4.90 Å². The largest absolute Gasteiger partial charge is 0.379 e. The second kappa shape index (κ2) is 7.05. The fourth-order valence-corrected chi connectivity index (χ4v) is 2.21. The zero-order chi connectivity index (χ0) is 14.3. The van der Waals surface area contributed by atoms with Crippen LogP contribution < -0.4 is 5.32 Å². The summed E-state index contributed by atoms with van der Waals surface area (Å²) in [5.74, 6) is 0.817. The van der Waals surface area contributed by atoms with Crippen LogP contribution in [0.15, 0.2) is 31.1 Å². The molecule has 0 saturated carbocycles. The summed E-state index contributed by atoms with van der Waals surface area (Å²) in [6.45, 7) is 5.48. The van der Waals surface area contributed by atoms with Gasteiger partial charge in [0.15, 0.2) is 0 Å². The van der Waals surface area contributed by atoms with Crippen LogP contribution in [0.25, 0.3) is 11.3 Å². The number of ether oxygens (including phenoxy) is 1. The Hall–Kier alpha value is -2.12. The third-order valence-corrected chi connectivity index (χ3v) is 3.36. The van der Waals surface area contributed by atoms with E-state index in [0.717, 1.165) is 56.5 Å². The minimum atomic E-state index is 0.817. The fraction of sp³-hybridized carbons (Fsp3) is 0.429. The molecule has 2 aromatic heterocycles. The highest BCUT2D eigenvalue weighted by Gasteiger charge is 2.09. The molecule has 1 N–H and O–H groups in total. The molecule has 0 radical (unpaired) electrons. The standard InChI is InChI=1S/C14H18N6O/c1(2-20-3-5-21-6-4-20)17-14-7-13(18-11-19-14)12-8-15-10-16-9-12/h7-11H,1-6H2,(H,17,18,19). The highest BCUT2D eigenvalue weighted by Crippen LogP contribution is 2.16. The molecule has 3 heterocycles. The molecule has 7 heteroatoms. The molecule has 0 aromatic carbocycles. The Morgan fingerprint density at radius 3 is 2.71 bits per heavy atom. The van der Waals surface area contributed by atoms with Crippen molar-refractivity contribution in [1.82, 2.24) is 24.8 Å². The van der Waals surface area contributed by atoms with Crippen LogP contribution in [0.2, 0.25) is 0 Å².